The molecule has 0 heterocycles. The topological polar surface area (TPSA) is 101 Å². The van der Waals surface area contributed by atoms with Gasteiger partial charge >= 0.3 is 0 Å². The zero-order chi connectivity index (χ0) is 16.2. The Kier molecular flexibility index (Phi) is 5.40. The first-order valence-corrected chi connectivity index (χ1v) is 6.56. The lowest BCUT2D eigenvalue weighted by Crippen LogP contribution is -2.49. The number of nitro groups is 1. The smallest absolute Gasteiger partial charge is 0.282 e. The van der Waals surface area contributed by atoms with E-state index >= 15 is 0 Å². The minimum Gasteiger partial charge on any atom is -0.357 e. The summed E-state index contributed by atoms with van der Waals surface area (Å²) >= 11 is 0. The largest absolute Gasteiger partial charge is 0.357 e. The molecule has 1 aromatic carbocycles. The summed E-state index contributed by atoms with van der Waals surface area (Å²) in [4.78, 5) is 34.5. The molecule has 0 aromatic heterocycles. The van der Waals surface area contributed by atoms with Crippen LogP contribution in [0.2, 0.25) is 0 Å². The maximum Gasteiger partial charge on any atom is 0.282 e. The highest BCUT2D eigenvalue weighted by atomic mass is 16.6. The molecule has 0 radical (unpaired) electrons. The summed E-state index contributed by atoms with van der Waals surface area (Å²) in [6.07, 6.45) is 0. The van der Waals surface area contributed by atoms with Crippen molar-refractivity contribution in [3.8, 4) is 0 Å². The van der Waals surface area contributed by atoms with E-state index in [2.05, 4.69) is 10.6 Å². The Bertz CT molecular complexity index is 569. The summed E-state index contributed by atoms with van der Waals surface area (Å²) < 4.78 is 0. The van der Waals surface area contributed by atoms with Crippen molar-refractivity contribution in [2.75, 3.05) is 7.05 Å². The minimum absolute atomic E-state index is 0.0166. The summed E-state index contributed by atoms with van der Waals surface area (Å²) in [5.74, 6) is -1.10. The number of amides is 2. The standard InChI is InChI=1S/C14H19N3O4/c1-8(2)12(14(19)15-4)16-13(18)11-9(3)6-5-7-10(11)17(20)21/h5-8,12H,1-4H3,(H,15,19)(H,16,18). The fraction of sp³-hybridized carbons (Fsp3) is 0.429. The molecule has 0 bridgehead atoms. The van der Waals surface area contributed by atoms with Gasteiger partial charge in [0.25, 0.3) is 11.6 Å². The van der Waals surface area contributed by atoms with Crippen molar-refractivity contribution < 1.29 is 14.5 Å². The van der Waals surface area contributed by atoms with Crippen LogP contribution in [-0.2, 0) is 4.79 Å². The third-order valence-electron chi connectivity index (χ3n) is 3.16. The number of carbonyl (C=O) groups is 2. The second-order valence-electron chi connectivity index (χ2n) is 5.04. The summed E-state index contributed by atoms with van der Waals surface area (Å²) in [5, 5.41) is 16.1. The molecule has 114 valence electrons. The molecule has 0 aliphatic carbocycles. The monoisotopic (exact) mass is 293 g/mol. The van der Waals surface area contributed by atoms with Crippen molar-refractivity contribution in [2.45, 2.75) is 26.8 Å². The molecular weight excluding hydrogens is 274 g/mol. The molecule has 0 saturated carbocycles. The van der Waals surface area contributed by atoms with Crippen LogP contribution in [0.25, 0.3) is 0 Å². The van der Waals surface area contributed by atoms with Gasteiger partial charge in [-0.25, -0.2) is 0 Å². The Morgan fingerprint density at radius 3 is 2.38 bits per heavy atom. The van der Waals surface area contributed by atoms with Gasteiger partial charge in [-0.2, -0.15) is 0 Å². The van der Waals surface area contributed by atoms with Crippen LogP contribution in [0.15, 0.2) is 18.2 Å². The van der Waals surface area contributed by atoms with Gasteiger partial charge in [-0.1, -0.05) is 26.0 Å². The zero-order valence-electron chi connectivity index (χ0n) is 12.5. The molecule has 2 N–H and O–H groups in total. The quantitative estimate of drug-likeness (QED) is 0.633. The molecule has 1 atom stereocenters. The molecule has 0 spiro atoms. The van der Waals surface area contributed by atoms with Gasteiger partial charge in [0.1, 0.15) is 11.6 Å². The molecule has 1 aromatic rings. The van der Waals surface area contributed by atoms with Crippen molar-refractivity contribution in [3.05, 3.63) is 39.4 Å². The molecule has 1 unspecified atom stereocenters. The number of hydrogen-bond donors (Lipinski definition) is 2. The molecule has 0 aliphatic heterocycles. The van der Waals surface area contributed by atoms with Crippen LogP contribution in [0.5, 0.6) is 0 Å². The number of hydrogen-bond acceptors (Lipinski definition) is 4. The number of likely N-dealkylation sites (N-methyl/N-ethyl adjacent to an activating group) is 1. The summed E-state index contributed by atoms with van der Waals surface area (Å²) in [6.45, 7) is 5.19. The molecule has 7 heteroatoms. The van der Waals surface area contributed by atoms with E-state index in [-0.39, 0.29) is 23.1 Å². The maximum atomic E-state index is 12.3. The van der Waals surface area contributed by atoms with Crippen molar-refractivity contribution in [2.24, 2.45) is 5.92 Å². The second kappa shape index (κ2) is 6.83. The minimum atomic E-state index is -0.748. The lowest BCUT2D eigenvalue weighted by atomic mass is 10.0. The van der Waals surface area contributed by atoms with E-state index in [1.807, 2.05) is 0 Å². The van der Waals surface area contributed by atoms with Gasteiger partial charge in [-0.15, -0.1) is 0 Å². The van der Waals surface area contributed by atoms with Gasteiger partial charge in [0.2, 0.25) is 5.91 Å². The first-order valence-electron chi connectivity index (χ1n) is 6.56. The Morgan fingerprint density at radius 2 is 1.90 bits per heavy atom. The van der Waals surface area contributed by atoms with Gasteiger partial charge in [0.15, 0.2) is 0 Å². The van der Waals surface area contributed by atoms with Crippen LogP contribution in [0.1, 0.15) is 29.8 Å². The van der Waals surface area contributed by atoms with E-state index in [9.17, 15) is 19.7 Å². The van der Waals surface area contributed by atoms with E-state index < -0.39 is 16.9 Å². The van der Waals surface area contributed by atoms with Crippen LogP contribution < -0.4 is 10.6 Å². The number of rotatable bonds is 5. The third kappa shape index (κ3) is 3.77. The summed E-state index contributed by atoms with van der Waals surface area (Å²) in [5.41, 5.74) is 0.199. The number of carbonyl (C=O) groups excluding carboxylic acids is 2. The fourth-order valence-corrected chi connectivity index (χ4v) is 2.00. The first kappa shape index (κ1) is 16.6. The predicted octanol–water partition coefficient (Wildman–Crippen LogP) is 1.40. The first-order chi connectivity index (χ1) is 9.79. The Labute approximate surface area is 122 Å². The second-order valence-corrected chi connectivity index (χ2v) is 5.04. The molecule has 7 nitrogen and oxygen atoms in total. The van der Waals surface area contributed by atoms with E-state index in [1.165, 1.54) is 19.2 Å². The molecule has 0 aliphatic rings. The molecule has 0 saturated heterocycles. The molecule has 0 fully saturated rings. The normalized spacial score (nSPS) is 11.9. The number of nitrogens with zero attached hydrogens (tertiary/aromatic N) is 1. The Balaban J connectivity index is 3.14. The summed E-state index contributed by atoms with van der Waals surface area (Å²) in [6, 6.07) is 3.66. The highest BCUT2D eigenvalue weighted by molar-refractivity contribution is 6.01. The zero-order valence-corrected chi connectivity index (χ0v) is 12.5. The molecule has 1 rings (SSSR count). The SMILES string of the molecule is CNC(=O)C(NC(=O)c1c(C)cccc1[N+](=O)[O-])C(C)C. The van der Waals surface area contributed by atoms with Crippen LogP contribution in [0.3, 0.4) is 0 Å². The average Bonchev–Trinajstić information content (AvgIpc) is 2.42. The van der Waals surface area contributed by atoms with Crippen molar-refractivity contribution >= 4 is 17.5 Å². The lowest BCUT2D eigenvalue weighted by Gasteiger charge is -2.21. The van der Waals surface area contributed by atoms with Gasteiger partial charge in [0.05, 0.1) is 4.92 Å². The Hall–Kier alpha value is -2.44. The van der Waals surface area contributed by atoms with Gasteiger partial charge in [0, 0.05) is 13.1 Å². The van der Waals surface area contributed by atoms with Crippen LogP contribution >= 0.6 is 0 Å². The summed E-state index contributed by atoms with van der Waals surface area (Å²) in [7, 11) is 1.47. The average molecular weight is 293 g/mol. The van der Waals surface area contributed by atoms with Gasteiger partial charge in [-0.05, 0) is 18.4 Å². The van der Waals surface area contributed by atoms with E-state index in [4.69, 9.17) is 0 Å². The van der Waals surface area contributed by atoms with Gasteiger partial charge in [-0.3, -0.25) is 19.7 Å². The highest BCUT2D eigenvalue weighted by Crippen LogP contribution is 2.22. The third-order valence-corrected chi connectivity index (χ3v) is 3.16. The highest BCUT2D eigenvalue weighted by Gasteiger charge is 2.28. The van der Waals surface area contributed by atoms with Crippen LogP contribution in [-0.4, -0.2) is 29.8 Å². The Morgan fingerprint density at radius 1 is 1.29 bits per heavy atom. The van der Waals surface area contributed by atoms with Crippen molar-refractivity contribution in [1.29, 1.82) is 0 Å². The van der Waals surface area contributed by atoms with E-state index in [0.717, 1.165) is 0 Å². The van der Waals surface area contributed by atoms with Crippen molar-refractivity contribution in [3.63, 3.8) is 0 Å². The number of nitro benzene ring substituents is 1. The molecular formula is C14H19N3O4. The molecule has 21 heavy (non-hydrogen) atoms. The maximum absolute atomic E-state index is 12.3. The fourth-order valence-electron chi connectivity index (χ4n) is 2.00. The van der Waals surface area contributed by atoms with Crippen LogP contribution in [0, 0.1) is 23.0 Å². The van der Waals surface area contributed by atoms with E-state index in [1.54, 1.807) is 26.8 Å². The van der Waals surface area contributed by atoms with Gasteiger partial charge < -0.3 is 10.6 Å². The number of aryl methyl sites for hydroxylation is 1. The number of benzene rings is 1. The molecule has 2 amide bonds. The lowest BCUT2D eigenvalue weighted by molar-refractivity contribution is -0.385. The predicted molar refractivity (Wildman–Crippen MR) is 78.0 cm³/mol. The van der Waals surface area contributed by atoms with Crippen molar-refractivity contribution in [1.82, 2.24) is 10.6 Å². The van der Waals surface area contributed by atoms with E-state index in [0.29, 0.717) is 5.56 Å². The number of nitrogens with one attached hydrogen (secondary N) is 2. The van der Waals surface area contributed by atoms with Crippen LogP contribution in [0.4, 0.5) is 5.69 Å².